The summed E-state index contributed by atoms with van der Waals surface area (Å²) in [5.74, 6) is 0. The van der Waals surface area contributed by atoms with E-state index in [4.69, 9.17) is 0 Å². The van der Waals surface area contributed by atoms with Gasteiger partial charge in [-0.15, -0.1) is 6.58 Å². The smallest absolute Gasteiger partial charge is 0.126 e. The second kappa shape index (κ2) is 3.51. The van der Waals surface area contributed by atoms with Gasteiger partial charge in [0.25, 0.3) is 0 Å². The van der Waals surface area contributed by atoms with Crippen LogP contribution in [0, 0.1) is 5.41 Å². The van der Waals surface area contributed by atoms with Gasteiger partial charge in [0.1, 0.15) is 6.29 Å². The minimum atomic E-state index is -0.115. The van der Waals surface area contributed by atoms with E-state index in [0.717, 1.165) is 32.0 Å². The standard InChI is InChI=1S/C10H14O/c1-2-6-10(9-11)7-4-3-5-8-10/h2-4,9H,1,5-8H2. The molecular formula is C10H14O. The van der Waals surface area contributed by atoms with Crippen molar-refractivity contribution in [1.29, 1.82) is 0 Å². The van der Waals surface area contributed by atoms with Gasteiger partial charge in [-0.3, -0.25) is 0 Å². The lowest BCUT2D eigenvalue weighted by molar-refractivity contribution is -0.116. The Morgan fingerprint density at radius 1 is 1.55 bits per heavy atom. The number of hydrogen-bond acceptors (Lipinski definition) is 1. The van der Waals surface area contributed by atoms with Crippen molar-refractivity contribution in [2.45, 2.75) is 25.7 Å². The summed E-state index contributed by atoms with van der Waals surface area (Å²) >= 11 is 0. The summed E-state index contributed by atoms with van der Waals surface area (Å²) in [5, 5.41) is 0. The molecule has 0 bridgehead atoms. The van der Waals surface area contributed by atoms with Gasteiger partial charge in [0.2, 0.25) is 0 Å². The van der Waals surface area contributed by atoms with Gasteiger partial charge in [0.15, 0.2) is 0 Å². The predicted octanol–water partition coefficient (Wildman–Crippen LogP) is 2.49. The zero-order chi connectivity index (χ0) is 8.16. The third-order valence-corrected chi connectivity index (χ3v) is 2.30. The van der Waals surface area contributed by atoms with E-state index in [1.165, 1.54) is 0 Å². The normalized spacial score (nSPS) is 29.8. The van der Waals surface area contributed by atoms with Crippen molar-refractivity contribution in [2.75, 3.05) is 0 Å². The van der Waals surface area contributed by atoms with Gasteiger partial charge in [0.05, 0.1) is 0 Å². The van der Waals surface area contributed by atoms with Crippen LogP contribution in [0.2, 0.25) is 0 Å². The largest absolute Gasteiger partial charge is 0.303 e. The molecule has 0 aliphatic heterocycles. The second-order valence-corrected chi connectivity index (χ2v) is 3.19. The number of aldehydes is 1. The van der Waals surface area contributed by atoms with E-state index in [1.807, 2.05) is 6.08 Å². The number of rotatable bonds is 3. The van der Waals surface area contributed by atoms with Crippen molar-refractivity contribution in [3.8, 4) is 0 Å². The molecule has 0 spiro atoms. The average molecular weight is 150 g/mol. The molecule has 0 aromatic heterocycles. The Morgan fingerprint density at radius 3 is 2.82 bits per heavy atom. The first kappa shape index (κ1) is 8.25. The van der Waals surface area contributed by atoms with Gasteiger partial charge in [-0.2, -0.15) is 0 Å². The molecule has 60 valence electrons. The Morgan fingerprint density at radius 2 is 2.36 bits per heavy atom. The molecule has 0 fully saturated rings. The molecule has 0 heterocycles. The van der Waals surface area contributed by atoms with Gasteiger partial charge < -0.3 is 4.79 Å². The van der Waals surface area contributed by atoms with Crippen LogP contribution in [0.25, 0.3) is 0 Å². The lowest BCUT2D eigenvalue weighted by Gasteiger charge is -2.27. The highest BCUT2D eigenvalue weighted by Gasteiger charge is 2.27. The number of hydrogen-bond donors (Lipinski definition) is 0. The highest BCUT2D eigenvalue weighted by atomic mass is 16.1. The lowest BCUT2D eigenvalue weighted by Crippen LogP contribution is -2.22. The molecule has 0 aromatic rings. The minimum absolute atomic E-state index is 0.115. The van der Waals surface area contributed by atoms with Gasteiger partial charge in [0, 0.05) is 5.41 Å². The Balaban J connectivity index is 2.65. The van der Waals surface area contributed by atoms with Crippen LogP contribution in [-0.4, -0.2) is 6.29 Å². The maximum absolute atomic E-state index is 10.8. The molecule has 1 atom stereocenters. The molecule has 1 aliphatic carbocycles. The van der Waals surface area contributed by atoms with E-state index in [0.29, 0.717) is 0 Å². The number of carbonyl (C=O) groups is 1. The predicted molar refractivity (Wildman–Crippen MR) is 46.3 cm³/mol. The summed E-state index contributed by atoms with van der Waals surface area (Å²) in [7, 11) is 0. The van der Waals surface area contributed by atoms with Crippen molar-refractivity contribution in [2.24, 2.45) is 5.41 Å². The monoisotopic (exact) mass is 150 g/mol. The molecule has 0 saturated heterocycles. The van der Waals surface area contributed by atoms with Gasteiger partial charge >= 0.3 is 0 Å². The summed E-state index contributed by atoms with van der Waals surface area (Å²) < 4.78 is 0. The van der Waals surface area contributed by atoms with Crippen LogP contribution in [0.1, 0.15) is 25.7 Å². The Labute approximate surface area is 67.8 Å². The van der Waals surface area contributed by atoms with Crippen molar-refractivity contribution < 1.29 is 4.79 Å². The number of carbonyl (C=O) groups excluding carboxylic acids is 1. The van der Waals surface area contributed by atoms with Gasteiger partial charge in [-0.1, -0.05) is 18.2 Å². The maximum atomic E-state index is 10.8. The molecule has 11 heavy (non-hydrogen) atoms. The van der Waals surface area contributed by atoms with Crippen molar-refractivity contribution in [1.82, 2.24) is 0 Å². The Kier molecular flexibility index (Phi) is 2.64. The average Bonchev–Trinajstić information content (AvgIpc) is 2.07. The summed E-state index contributed by atoms with van der Waals surface area (Å²) in [6.45, 7) is 3.66. The maximum Gasteiger partial charge on any atom is 0.126 e. The zero-order valence-electron chi connectivity index (χ0n) is 6.75. The Bertz CT molecular complexity index is 181. The fourth-order valence-corrected chi connectivity index (χ4v) is 1.54. The summed E-state index contributed by atoms with van der Waals surface area (Å²) in [6, 6.07) is 0. The van der Waals surface area contributed by atoms with Gasteiger partial charge in [-0.25, -0.2) is 0 Å². The lowest BCUT2D eigenvalue weighted by atomic mass is 9.76. The SMILES string of the molecule is C=CCC1(C=O)CC=CCC1. The molecule has 1 rings (SSSR count). The van der Waals surface area contributed by atoms with Crippen LogP contribution in [0.15, 0.2) is 24.8 Å². The third kappa shape index (κ3) is 1.79. The molecule has 0 amide bonds. The minimum Gasteiger partial charge on any atom is -0.303 e. The zero-order valence-corrected chi connectivity index (χ0v) is 6.75. The molecular weight excluding hydrogens is 136 g/mol. The summed E-state index contributed by atoms with van der Waals surface area (Å²) in [4.78, 5) is 10.8. The van der Waals surface area contributed by atoms with E-state index in [-0.39, 0.29) is 5.41 Å². The van der Waals surface area contributed by atoms with E-state index in [2.05, 4.69) is 18.7 Å². The van der Waals surface area contributed by atoms with Crippen LogP contribution >= 0.6 is 0 Å². The highest BCUT2D eigenvalue weighted by Crippen LogP contribution is 2.33. The first-order valence-corrected chi connectivity index (χ1v) is 4.05. The summed E-state index contributed by atoms with van der Waals surface area (Å²) in [5.41, 5.74) is -0.115. The fraction of sp³-hybridized carbons (Fsp3) is 0.500. The topological polar surface area (TPSA) is 17.1 Å². The Hall–Kier alpha value is -0.850. The van der Waals surface area contributed by atoms with Crippen molar-refractivity contribution >= 4 is 6.29 Å². The first-order chi connectivity index (χ1) is 5.33. The van der Waals surface area contributed by atoms with E-state index in [1.54, 1.807) is 0 Å². The highest BCUT2D eigenvalue weighted by molar-refractivity contribution is 5.60. The molecule has 1 heteroatoms. The molecule has 0 saturated carbocycles. The van der Waals surface area contributed by atoms with Crippen molar-refractivity contribution in [3.05, 3.63) is 24.8 Å². The van der Waals surface area contributed by atoms with Crippen LogP contribution < -0.4 is 0 Å². The second-order valence-electron chi connectivity index (χ2n) is 3.19. The van der Waals surface area contributed by atoms with E-state index in [9.17, 15) is 4.79 Å². The molecule has 1 nitrogen and oxygen atoms in total. The third-order valence-electron chi connectivity index (χ3n) is 2.30. The summed E-state index contributed by atoms with van der Waals surface area (Å²) in [6.07, 6.45) is 10.9. The van der Waals surface area contributed by atoms with Crippen LogP contribution in [0.5, 0.6) is 0 Å². The molecule has 1 unspecified atom stereocenters. The van der Waals surface area contributed by atoms with E-state index < -0.39 is 0 Å². The number of allylic oxidation sites excluding steroid dienone is 3. The molecule has 0 N–H and O–H groups in total. The van der Waals surface area contributed by atoms with Crippen LogP contribution in [-0.2, 0) is 4.79 Å². The first-order valence-electron chi connectivity index (χ1n) is 4.05. The van der Waals surface area contributed by atoms with Crippen LogP contribution in [0.3, 0.4) is 0 Å². The van der Waals surface area contributed by atoms with E-state index >= 15 is 0 Å². The van der Waals surface area contributed by atoms with Crippen molar-refractivity contribution in [3.63, 3.8) is 0 Å². The molecule has 0 aromatic carbocycles. The van der Waals surface area contributed by atoms with Gasteiger partial charge in [-0.05, 0) is 25.7 Å². The molecule has 0 radical (unpaired) electrons. The quantitative estimate of drug-likeness (QED) is 0.446. The fourth-order valence-electron chi connectivity index (χ4n) is 1.54. The van der Waals surface area contributed by atoms with Crippen LogP contribution in [0.4, 0.5) is 0 Å². The molecule has 1 aliphatic rings.